The standard InChI is InChI=1S/C28H41N3O3/c1-19-23(25(32)29-26-27(2,3)20-10-11-28(26,4)18-20)21-8-6-9-22(33-5)24(21)31(19)13-7-12-30-14-16-34-17-15-30/h6,8-9,20,26H,7,10-18H2,1-5H3,(H,29,32)/t20-,26-,28+/m1/s1. The van der Waals surface area contributed by atoms with Gasteiger partial charge < -0.3 is 19.4 Å². The Kier molecular flexibility index (Phi) is 6.18. The number of carbonyl (C=O) groups excluding carboxylic acids is 1. The van der Waals surface area contributed by atoms with Crippen LogP contribution in [0, 0.1) is 23.7 Å². The summed E-state index contributed by atoms with van der Waals surface area (Å²) < 4.78 is 13.5. The van der Waals surface area contributed by atoms with Gasteiger partial charge in [-0.3, -0.25) is 9.69 Å². The maximum atomic E-state index is 13.9. The van der Waals surface area contributed by atoms with Gasteiger partial charge in [-0.1, -0.05) is 32.9 Å². The smallest absolute Gasteiger partial charge is 0.253 e. The Morgan fingerprint density at radius 2 is 1.97 bits per heavy atom. The highest BCUT2D eigenvalue weighted by molar-refractivity contribution is 6.09. The van der Waals surface area contributed by atoms with Gasteiger partial charge in [-0.25, -0.2) is 0 Å². The van der Waals surface area contributed by atoms with Crippen molar-refractivity contribution in [1.82, 2.24) is 14.8 Å². The van der Waals surface area contributed by atoms with E-state index in [0.717, 1.165) is 73.7 Å². The van der Waals surface area contributed by atoms with Crippen molar-refractivity contribution in [3.05, 3.63) is 29.5 Å². The lowest BCUT2D eigenvalue weighted by Gasteiger charge is -2.43. The lowest BCUT2D eigenvalue weighted by Crippen LogP contribution is -2.52. The summed E-state index contributed by atoms with van der Waals surface area (Å²) >= 11 is 0. The van der Waals surface area contributed by atoms with Gasteiger partial charge in [-0.05, 0) is 55.4 Å². The predicted octanol–water partition coefficient (Wildman–Crippen LogP) is 4.63. The quantitative estimate of drug-likeness (QED) is 0.645. The van der Waals surface area contributed by atoms with E-state index in [1.807, 2.05) is 12.1 Å². The summed E-state index contributed by atoms with van der Waals surface area (Å²) in [6.07, 6.45) is 4.75. The topological polar surface area (TPSA) is 55.7 Å². The fraction of sp³-hybridized carbons (Fsp3) is 0.679. The third-order valence-electron chi connectivity index (χ3n) is 9.26. The molecule has 34 heavy (non-hydrogen) atoms. The van der Waals surface area contributed by atoms with E-state index in [4.69, 9.17) is 9.47 Å². The maximum absolute atomic E-state index is 13.9. The molecule has 1 amide bonds. The van der Waals surface area contributed by atoms with Crippen molar-refractivity contribution in [2.45, 2.75) is 66.0 Å². The summed E-state index contributed by atoms with van der Waals surface area (Å²) in [4.78, 5) is 16.4. The number of hydrogen-bond donors (Lipinski definition) is 1. The molecule has 1 saturated heterocycles. The second-order valence-corrected chi connectivity index (χ2v) is 11.6. The van der Waals surface area contributed by atoms with E-state index in [1.54, 1.807) is 7.11 Å². The number of hydrogen-bond acceptors (Lipinski definition) is 4. The van der Waals surface area contributed by atoms with E-state index in [-0.39, 0.29) is 22.8 Å². The number of amides is 1. The van der Waals surface area contributed by atoms with E-state index in [2.05, 4.69) is 48.5 Å². The van der Waals surface area contributed by atoms with Crippen molar-refractivity contribution in [1.29, 1.82) is 0 Å². The predicted molar refractivity (Wildman–Crippen MR) is 136 cm³/mol. The van der Waals surface area contributed by atoms with E-state index in [1.165, 1.54) is 19.3 Å². The molecule has 2 saturated carbocycles. The molecular formula is C28H41N3O3. The van der Waals surface area contributed by atoms with Crippen LogP contribution in [0.1, 0.15) is 62.5 Å². The largest absolute Gasteiger partial charge is 0.495 e. The van der Waals surface area contributed by atoms with Crippen molar-refractivity contribution in [2.75, 3.05) is 40.0 Å². The monoisotopic (exact) mass is 467 g/mol. The molecule has 6 heteroatoms. The minimum absolute atomic E-state index is 0.0644. The molecule has 0 unspecified atom stereocenters. The van der Waals surface area contributed by atoms with Gasteiger partial charge in [0.05, 0.1) is 31.4 Å². The van der Waals surface area contributed by atoms with Crippen LogP contribution in [0.5, 0.6) is 5.75 Å². The van der Waals surface area contributed by atoms with Gasteiger partial charge in [0.25, 0.3) is 5.91 Å². The number of aromatic nitrogens is 1. The lowest BCUT2D eigenvalue weighted by atomic mass is 9.68. The first-order valence-corrected chi connectivity index (χ1v) is 13.0. The molecule has 3 aliphatic rings. The van der Waals surface area contributed by atoms with Crippen molar-refractivity contribution < 1.29 is 14.3 Å². The molecule has 0 spiro atoms. The molecule has 1 aliphatic heterocycles. The fourth-order valence-corrected chi connectivity index (χ4v) is 7.37. The first-order valence-electron chi connectivity index (χ1n) is 13.0. The van der Waals surface area contributed by atoms with Crippen LogP contribution in [0.15, 0.2) is 18.2 Å². The summed E-state index contributed by atoms with van der Waals surface area (Å²) in [6.45, 7) is 14.7. The Balaban J connectivity index is 1.44. The minimum atomic E-state index is 0.0644. The van der Waals surface area contributed by atoms with Crippen molar-refractivity contribution in [3.63, 3.8) is 0 Å². The normalized spacial score (nSPS) is 28.5. The zero-order valence-electron chi connectivity index (χ0n) is 21.6. The zero-order chi connectivity index (χ0) is 24.1. The van der Waals surface area contributed by atoms with Crippen LogP contribution < -0.4 is 10.1 Å². The molecule has 5 rings (SSSR count). The van der Waals surface area contributed by atoms with Crippen LogP contribution in [-0.2, 0) is 11.3 Å². The number of carbonyl (C=O) groups is 1. The van der Waals surface area contributed by atoms with E-state index in [0.29, 0.717) is 5.92 Å². The van der Waals surface area contributed by atoms with Gasteiger partial charge >= 0.3 is 0 Å². The molecule has 2 aliphatic carbocycles. The summed E-state index contributed by atoms with van der Waals surface area (Å²) in [7, 11) is 1.72. The van der Waals surface area contributed by atoms with Crippen LogP contribution in [0.2, 0.25) is 0 Å². The Bertz CT molecular complexity index is 1060. The third kappa shape index (κ3) is 3.83. The Morgan fingerprint density at radius 3 is 2.65 bits per heavy atom. The average molecular weight is 468 g/mol. The molecule has 0 radical (unpaired) electrons. The SMILES string of the molecule is COc1cccc2c(C(=O)N[C@@H]3C(C)(C)[C@@H]4CC[C@@]3(C)C4)c(C)n(CCCN3CCOCC3)c12. The highest BCUT2D eigenvalue weighted by Crippen LogP contribution is 2.62. The lowest BCUT2D eigenvalue weighted by molar-refractivity contribution is 0.0369. The second kappa shape index (κ2) is 8.87. The average Bonchev–Trinajstić information content (AvgIpc) is 3.41. The van der Waals surface area contributed by atoms with E-state index >= 15 is 0 Å². The van der Waals surface area contributed by atoms with Crippen molar-refractivity contribution in [2.24, 2.45) is 16.7 Å². The molecule has 1 N–H and O–H groups in total. The van der Waals surface area contributed by atoms with Crippen molar-refractivity contribution >= 4 is 16.8 Å². The number of rotatable bonds is 7. The Morgan fingerprint density at radius 1 is 1.21 bits per heavy atom. The van der Waals surface area contributed by atoms with Gasteiger partial charge in [0.1, 0.15) is 5.75 Å². The number of methoxy groups -OCH3 is 1. The van der Waals surface area contributed by atoms with Crippen LogP contribution in [0.3, 0.4) is 0 Å². The Hall–Kier alpha value is -2.05. The Labute approximate surface area is 204 Å². The summed E-state index contributed by atoms with van der Waals surface area (Å²) in [5, 5.41) is 4.53. The highest BCUT2D eigenvalue weighted by Gasteiger charge is 2.59. The third-order valence-corrected chi connectivity index (χ3v) is 9.26. The molecule has 2 aromatic rings. The first kappa shape index (κ1) is 23.7. The molecule has 3 atom stereocenters. The summed E-state index contributed by atoms with van der Waals surface area (Å²) in [6, 6.07) is 6.28. The molecule has 186 valence electrons. The minimum Gasteiger partial charge on any atom is -0.495 e. The summed E-state index contributed by atoms with van der Waals surface area (Å²) in [5.41, 5.74) is 3.21. The highest BCUT2D eigenvalue weighted by atomic mass is 16.5. The van der Waals surface area contributed by atoms with Gasteiger partial charge in [0, 0.05) is 43.3 Å². The van der Waals surface area contributed by atoms with Gasteiger partial charge in [-0.2, -0.15) is 0 Å². The summed E-state index contributed by atoms with van der Waals surface area (Å²) in [5.74, 6) is 1.60. The maximum Gasteiger partial charge on any atom is 0.253 e. The number of nitrogens with one attached hydrogen (secondary N) is 1. The van der Waals surface area contributed by atoms with E-state index in [9.17, 15) is 4.79 Å². The fourth-order valence-electron chi connectivity index (χ4n) is 7.37. The number of nitrogens with zero attached hydrogens (tertiary/aromatic N) is 2. The number of para-hydroxylation sites is 1. The number of ether oxygens (including phenoxy) is 2. The zero-order valence-corrected chi connectivity index (χ0v) is 21.6. The van der Waals surface area contributed by atoms with E-state index < -0.39 is 0 Å². The molecule has 1 aromatic carbocycles. The molecule has 1 aromatic heterocycles. The van der Waals surface area contributed by atoms with Crippen LogP contribution in [-0.4, -0.2) is 61.4 Å². The molecule has 3 fully saturated rings. The number of morpholine rings is 1. The second-order valence-electron chi connectivity index (χ2n) is 11.6. The molecule has 2 bridgehead atoms. The number of benzene rings is 1. The van der Waals surface area contributed by atoms with Gasteiger partial charge in [-0.15, -0.1) is 0 Å². The van der Waals surface area contributed by atoms with Gasteiger partial charge in [0.15, 0.2) is 0 Å². The first-order chi connectivity index (χ1) is 16.3. The van der Waals surface area contributed by atoms with Crippen LogP contribution >= 0.6 is 0 Å². The van der Waals surface area contributed by atoms with Crippen molar-refractivity contribution in [3.8, 4) is 5.75 Å². The number of aryl methyl sites for hydroxylation is 1. The molecular weight excluding hydrogens is 426 g/mol. The van der Waals surface area contributed by atoms with Crippen LogP contribution in [0.25, 0.3) is 10.9 Å². The molecule has 2 heterocycles. The molecule has 6 nitrogen and oxygen atoms in total. The number of fused-ring (bicyclic) bond motifs is 3. The van der Waals surface area contributed by atoms with Crippen LogP contribution in [0.4, 0.5) is 0 Å². The van der Waals surface area contributed by atoms with Gasteiger partial charge in [0.2, 0.25) is 0 Å².